The zero-order valence-electron chi connectivity index (χ0n) is 8.72. The van der Waals surface area contributed by atoms with Crippen molar-refractivity contribution in [2.24, 2.45) is 0 Å². The summed E-state index contributed by atoms with van der Waals surface area (Å²) in [7, 11) is 0. The maximum absolute atomic E-state index is 12.8. The fraction of sp³-hybridized carbons (Fsp3) is 0.500. The lowest BCUT2D eigenvalue weighted by molar-refractivity contribution is -0.261. The Labute approximate surface area is 91.9 Å². The molecule has 1 aliphatic carbocycles. The van der Waals surface area contributed by atoms with E-state index in [1.807, 2.05) is 12.1 Å². The van der Waals surface area contributed by atoms with Crippen molar-refractivity contribution in [3.63, 3.8) is 0 Å². The van der Waals surface area contributed by atoms with Crippen LogP contribution in [0.15, 0.2) is 24.3 Å². The summed E-state index contributed by atoms with van der Waals surface area (Å²) < 4.78 is 38.3. The number of rotatable bonds is 0. The summed E-state index contributed by atoms with van der Waals surface area (Å²) in [6.45, 7) is 0. The standard InChI is InChI=1S/C12H13F3O/c13-12(14,15)11(16)7-3-6-9-4-1-2-5-10(9)8-11/h1-2,4-5,16H,3,6-8H2. The molecule has 1 aliphatic rings. The Kier molecular flexibility index (Phi) is 2.70. The molecule has 0 radical (unpaired) electrons. The quantitative estimate of drug-likeness (QED) is 0.679. The van der Waals surface area contributed by atoms with Crippen LogP contribution in [-0.2, 0) is 12.8 Å². The predicted molar refractivity (Wildman–Crippen MR) is 54.1 cm³/mol. The first-order valence-corrected chi connectivity index (χ1v) is 5.28. The molecule has 0 heterocycles. The molecule has 1 N–H and O–H groups in total. The molecule has 1 aromatic rings. The number of fused-ring (bicyclic) bond motifs is 1. The Morgan fingerprint density at radius 3 is 2.38 bits per heavy atom. The van der Waals surface area contributed by atoms with Crippen molar-refractivity contribution in [1.29, 1.82) is 0 Å². The summed E-state index contributed by atoms with van der Waals surface area (Å²) in [6, 6.07) is 7.02. The lowest BCUT2D eigenvalue weighted by Crippen LogP contribution is -2.46. The molecular formula is C12H13F3O. The van der Waals surface area contributed by atoms with Crippen molar-refractivity contribution in [3.05, 3.63) is 35.4 Å². The number of alkyl halides is 3. The molecule has 16 heavy (non-hydrogen) atoms. The molecule has 88 valence electrons. The van der Waals surface area contributed by atoms with Crippen LogP contribution >= 0.6 is 0 Å². The van der Waals surface area contributed by atoms with Crippen LogP contribution in [0.2, 0.25) is 0 Å². The molecular weight excluding hydrogens is 217 g/mol. The second-order valence-electron chi connectivity index (χ2n) is 4.33. The number of aliphatic hydroxyl groups is 1. The smallest absolute Gasteiger partial charge is 0.380 e. The lowest BCUT2D eigenvalue weighted by atomic mass is 9.91. The molecule has 0 saturated carbocycles. The van der Waals surface area contributed by atoms with E-state index in [4.69, 9.17) is 0 Å². The van der Waals surface area contributed by atoms with Gasteiger partial charge >= 0.3 is 6.18 Å². The summed E-state index contributed by atoms with van der Waals surface area (Å²) in [6.07, 6.45) is -4.12. The summed E-state index contributed by atoms with van der Waals surface area (Å²) in [4.78, 5) is 0. The van der Waals surface area contributed by atoms with Gasteiger partial charge in [0.1, 0.15) is 0 Å². The maximum Gasteiger partial charge on any atom is 0.417 e. The average Bonchev–Trinajstić information content (AvgIpc) is 2.35. The zero-order chi connectivity index (χ0) is 11.8. The predicted octanol–water partition coefficient (Wildman–Crippen LogP) is 2.86. The van der Waals surface area contributed by atoms with Gasteiger partial charge in [-0.1, -0.05) is 24.3 Å². The minimum absolute atomic E-state index is 0.217. The molecule has 0 saturated heterocycles. The van der Waals surface area contributed by atoms with Crippen LogP contribution in [0.5, 0.6) is 0 Å². The van der Waals surface area contributed by atoms with Gasteiger partial charge in [-0.05, 0) is 30.4 Å². The molecule has 1 aromatic carbocycles. The van der Waals surface area contributed by atoms with Crippen molar-refractivity contribution >= 4 is 0 Å². The van der Waals surface area contributed by atoms with Crippen LogP contribution in [0.25, 0.3) is 0 Å². The summed E-state index contributed by atoms with van der Waals surface area (Å²) >= 11 is 0. The monoisotopic (exact) mass is 230 g/mol. The Hall–Kier alpha value is -1.03. The van der Waals surface area contributed by atoms with Gasteiger partial charge in [0.05, 0.1) is 0 Å². The molecule has 0 bridgehead atoms. The van der Waals surface area contributed by atoms with Crippen LogP contribution in [0.3, 0.4) is 0 Å². The minimum Gasteiger partial charge on any atom is -0.380 e. The number of halogens is 3. The number of aryl methyl sites for hydroxylation is 1. The van der Waals surface area contributed by atoms with Gasteiger partial charge < -0.3 is 5.11 Å². The minimum atomic E-state index is -4.55. The number of hydrogen-bond acceptors (Lipinski definition) is 1. The van der Waals surface area contributed by atoms with E-state index in [1.165, 1.54) is 0 Å². The third-order valence-corrected chi connectivity index (χ3v) is 3.17. The van der Waals surface area contributed by atoms with Crippen molar-refractivity contribution in [2.75, 3.05) is 0 Å². The Bertz CT molecular complexity index is 386. The van der Waals surface area contributed by atoms with E-state index in [0.29, 0.717) is 18.4 Å². The second kappa shape index (κ2) is 3.77. The van der Waals surface area contributed by atoms with E-state index in [-0.39, 0.29) is 12.8 Å². The first-order chi connectivity index (χ1) is 7.42. The highest BCUT2D eigenvalue weighted by Gasteiger charge is 2.53. The summed E-state index contributed by atoms with van der Waals surface area (Å²) in [5.74, 6) is 0. The van der Waals surface area contributed by atoms with Gasteiger partial charge in [0, 0.05) is 6.42 Å². The van der Waals surface area contributed by atoms with E-state index < -0.39 is 11.8 Å². The summed E-state index contributed by atoms with van der Waals surface area (Å²) in [5, 5.41) is 9.71. The SMILES string of the molecule is OC1(C(F)(F)F)CCCc2ccccc2C1. The second-order valence-corrected chi connectivity index (χ2v) is 4.33. The normalized spacial score (nSPS) is 26.0. The van der Waals surface area contributed by atoms with Crippen LogP contribution in [0, 0.1) is 0 Å². The highest BCUT2D eigenvalue weighted by atomic mass is 19.4. The van der Waals surface area contributed by atoms with Crippen molar-refractivity contribution in [1.82, 2.24) is 0 Å². The lowest BCUT2D eigenvalue weighted by Gasteiger charge is -2.29. The topological polar surface area (TPSA) is 20.2 Å². The average molecular weight is 230 g/mol. The first kappa shape index (κ1) is 11.5. The molecule has 4 heteroatoms. The van der Waals surface area contributed by atoms with E-state index in [1.54, 1.807) is 12.1 Å². The third-order valence-electron chi connectivity index (χ3n) is 3.17. The number of hydrogen-bond donors (Lipinski definition) is 1. The number of benzene rings is 1. The van der Waals surface area contributed by atoms with Gasteiger partial charge in [-0.3, -0.25) is 0 Å². The van der Waals surface area contributed by atoms with E-state index >= 15 is 0 Å². The van der Waals surface area contributed by atoms with Gasteiger partial charge in [-0.2, -0.15) is 13.2 Å². The molecule has 0 aromatic heterocycles. The Morgan fingerprint density at radius 2 is 1.75 bits per heavy atom. The van der Waals surface area contributed by atoms with Crippen LogP contribution in [0.4, 0.5) is 13.2 Å². The fourth-order valence-electron chi connectivity index (χ4n) is 2.19. The van der Waals surface area contributed by atoms with Crippen molar-refractivity contribution in [3.8, 4) is 0 Å². The summed E-state index contributed by atoms with van der Waals surface area (Å²) in [5.41, 5.74) is -1.03. The maximum atomic E-state index is 12.8. The Morgan fingerprint density at radius 1 is 1.12 bits per heavy atom. The largest absolute Gasteiger partial charge is 0.417 e. The molecule has 1 atom stereocenters. The Balaban J connectivity index is 2.36. The van der Waals surface area contributed by atoms with Crippen LogP contribution in [0.1, 0.15) is 24.0 Å². The van der Waals surface area contributed by atoms with Crippen LogP contribution < -0.4 is 0 Å². The zero-order valence-corrected chi connectivity index (χ0v) is 8.72. The van der Waals surface area contributed by atoms with E-state index in [2.05, 4.69) is 0 Å². The van der Waals surface area contributed by atoms with E-state index in [9.17, 15) is 18.3 Å². The van der Waals surface area contributed by atoms with Crippen LogP contribution in [-0.4, -0.2) is 16.9 Å². The van der Waals surface area contributed by atoms with Gasteiger partial charge in [0.2, 0.25) is 0 Å². The highest BCUT2D eigenvalue weighted by molar-refractivity contribution is 5.30. The van der Waals surface area contributed by atoms with Gasteiger partial charge in [0.25, 0.3) is 0 Å². The van der Waals surface area contributed by atoms with Crippen molar-refractivity contribution in [2.45, 2.75) is 37.5 Å². The van der Waals surface area contributed by atoms with Gasteiger partial charge in [0.15, 0.2) is 5.60 Å². The molecule has 1 unspecified atom stereocenters. The third kappa shape index (κ3) is 1.94. The molecule has 0 fully saturated rings. The fourth-order valence-corrected chi connectivity index (χ4v) is 2.19. The van der Waals surface area contributed by atoms with Crippen molar-refractivity contribution < 1.29 is 18.3 Å². The highest BCUT2D eigenvalue weighted by Crippen LogP contribution is 2.39. The molecule has 0 aliphatic heterocycles. The first-order valence-electron chi connectivity index (χ1n) is 5.28. The van der Waals surface area contributed by atoms with Gasteiger partial charge in [-0.25, -0.2) is 0 Å². The molecule has 0 amide bonds. The van der Waals surface area contributed by atoms with Gasteiger partial charge in [-0.15, -0.1) is 0 Å². The molecule has 2 rings (SSSR count). The molecule has 1 nitrogen and oxygen atoms in total. The molecule has 0 spiro atoms. The van der Waals surface area contributed by atoms with E-state index in [0.717, 1.165) is 5.56 Å².